The van der Waals surface area contributed by atoms with Gasteiger partial charge in [0.15, 0.2) is 0 Å². The molecule has 3 aromatic rings. The lowest BCUT2D eigenvalue weighted by Gasteiger charge is -2.36. The Hall–Kier alpha value is -3.32. The molecule has 0 saturated heterocycles. The fourth-order valence-electron chi connectivity index (χ4n) is 4.03. The van der Waals surface area contributed by atoms with Crippen molar-refractivity contribution < 1.29 is 0 Å². The van der Waals surface area contributed by atoms with Gasteiger partial charge < -0.3 is 5.32 Å². The van der Waals surface area contributed by atoms with E-state index in [-0.39, 0.29) is 5.41 Å². The standard InChI is InChI=1S/C27H25N/c1-5-10-19(6-2)21-13-15-25-23(17-21)27(3,4)24-18-22(14-16-26(24)28-25)20-11-8-7-9-12-20/h5-18,28H,1-2H2,3-4H3/b19-10+. The summed E-state index contributed by atoms with van der Waals surface area (Å²) in [6, 6.07) is 23.8. The fourth-order valence-corrected chi connectivity index (χ4v) is 4.03. The zero-order chi connectivity index (χ0) is 19.7. The van der Waals surface area contributed by atoms with Crippen LogP contribution >= 0.6 is 0 Å². The highest BCUT2D eigenvalue weighted by Gasteiger charge is 2.33. The first kappa shape index (κ1) is 18.1. The van der Waals surface area contributed by atoms with Crippen LogP contribution in [0.15, 0.2) is 98.1 Å². The number of benzene rings is 3. The smallest absolute Gasteiger partial charge is 0.0426 e. The molecule has 1 aliphatic heterocycles. The second kappa shape index (κ2) is 7.01. The van der Waals surface area contributed by atoms with Crippen molar-refractivity contribution in [2.45, 2.75) is 19.3 Å². The molecule has 1 heteroatoms. The molecule has 0 saturated carbocycles. The molecule has 0 atom stereocenters. The molecular formula is C27H25N. The van der Waals surface area contributed by atoms with Crippen LogP contribution in [0.1, 0.15) is 30.5 Å². The van der Waals surface area contributed by atoms with E-state index in [9.17, 15) is 0 Å². The van der Waals surface area contributed by atoms with Gasteiger partial charge in [0.05, 0.1) is 0 Å². The van der Waals surface area contributed by atoms with Gasteiger partial charge in [0, 0.05) is 16.8 Å². The molecule has 3 aromatic carbocycles. The molecule has 0 aromatic heterocycles. The molecule has 28 heavy (non-hydrogen) atoms. The molecule has 4 rings (SSSR count). The number of hydrogen-bond acceptors (Lipinski definition) is 1. The SMILES string of the molecule is C=C/C=C(\C=C)c1ccc2c(c1)C(C)(C)c1cc(-c3ccccc3)ccc1N2. The lowest BCUT2D eigenvalue weighted by Crippen LogP contribution is -2.26. The largest absolute Gasteiger partial charge is 0.355 e. The van der Waals surface area contributed by atoms with Gasteiger partial charge in [-0.05, 0) is 57.7 Å². The first-order valence-corrected chi connectivity index (χ1v) is 9.61. The maximum atomic E-state index is 3.95. The predicted octanol–water partition coefficient (Wildman–Crippen LogP) is 7.49. The number of nitrogens with one attached hydrogen (secondary N) is 1. The minimum atomic E-state index is -0.114. The zero-order valence-corrected chi connectivity index (χ0v) is 16.5. The van der Waals surface area contributed by atoms with E-state index in [1.165, 1.54) is 27.9 Å². The molecule has 0 spiro atoms. The summed E-state index contributed by atoms with van der Waals surface area (Å²) in [5, 5.41) is 3.63. The summed E-state index contributed by atoms with van der Waals surface area (Å²) in [5.41, 5.74) is 9.55. The molecule has 1 N–H and O–H groups in total. The molecule has 0 bridgehead atoms. The van der Waals surface area contributed by atoms with E-state index >= 15 is 0 Å². The Balaban J connectivity index is 1.84. The number of anilines is 2. The third kappa shape index (κ3) is 2.99. The Labute approximate surface area is 167 Å². The molecule has 138 valence electrons. The molecule has 1 aliphatic rings. The van der Waals surface area contributed by atoms with E-state index in [1.807, 2.05) is 12.2 Å². The maximum absolute atomic E-state index is 3.95. The first-order valence-electron chi connectivity index (χ1n) is 9.61. The summed E-state index contributed by atoms with van der Waals surface area (Å²) in [7, 11) is 0. The van der Waals surface area contributed by atoms with Crippen molar-refractivity contribution in [3.63, 3.8) is 0 Å². The van der Waals surface area contributed by atoms with E-state index in [0.717, 1.165) is 16.8 Å². The zero-order valence-electron chi connectivity index (χ0n) is 16.5. The van der Waals surface area contributed by atoms with Crippen LogP contribution in [0.2, 0.25) is 0 Å². The van der Waals surface area contributed by atoms with Gasteiger partial charge in [-0.1, -0.05) is 87.7 Å². The van der Waals surface area contributed by atoms with Crippen LogP contribution in [0.5, 0.6) is 0 Å². The van der Waals surface area contributed by atoms with Gasteiger partial charge in [0.2, 0.25) is 0 Å². The summed E-state index contributed by atoms with van der Waals surface area (Å²) in [5.74, 6) is 0. The van der Waals surface area contributed by atoms with Gasteiger partial charge in [-0.2, -0.15) is 0 Å². The second-order valence-electron chi connectivity index (χ2n) is 7.70. The third-order valence-corrected chi connectivity index (χ3v) is 5.61. The highest BCUT2D eigenvalue weighted by Crippen LogP contribution is 2.47. The number of rotatable bonds is 4. The normalized spacial score (nSPS) is 14.4. The van der Waals surface area contributed by atoms with Crippen LogP contribution < -0.4 is 5.32 Å². The fraction of sp³-hybridized carbons (Fsp3) is 0.111. The lowest BCUT2D eigenvalue weighted by atomic mass is 9.73. The minimum absolute atomic E-state index is 0.114. The number of allylic oxidation sites excluding steroid dienone is 4. The molecule has 0 amide bonds. The molecule has 0 fully saturated rings. The van der Waals surface area contributed by atoms with Crippen molar-refractivity contribution in [3.05, 3.63) is 115 Å². The predicted molar refractivity (Wildman–Crippen MR) is 122 cm³/mol. The molecule has 0 radical (unpaired) electrons. The van der Waals surface area contributed by atoms with Gasteiger partial charge in [-0.25, -0.2) is 0 Å². The third-order valence-electron chi connectivity index (χ3n) is 5.61. The van der Waals surface area contributed by atoms with Gasteiger partial charge in [0.25, 0.3) is 0 Å². The lowest BCUT2D eigenvalue weighted by molar-refractivity contribution is 0.638. The van der Waals surface area contributed by atoms with Crippen molar-refractivity contribution in [2.24, 2.45) is 0 Å². The van der Waals surface area contributed by atoms with Crippen LogP contribution in [-0.2, 0) is 5.41 Å². The van der Waals surface area contributed by atoms with E-state index in [1.54, 1.807) is 6.08 Å². The van der Waals surface area contributed by atoms with Crippen molar-refractivity contribution in [2.75, 3.05) is 5.32 Å². The van der Waals surface area contributed by atoms with Gasteiger partial charge in [-0.15, -0.1) is 0 Å². The van der Waals surface area contributed by atoms with Crippen molar-refractivity contribution in [1.82, 2.24) is 0 Å². The molecule has 1 heterocycles. The number of hydrogen-bond donors (Lipinski definition) is 1. The van der Waals surface area contributed by atoms with Crippen LogP contribution in [0, 0.1) is 0 Å². The minimum Gasteiger partial charge on any atom is -0.355 e. The van der Waals surface area contributed by atoms with Crippen molar-refractivity contribution in [3.8, 4) is 11.1 Å². The Bertz CT molecular complexity index is 1080. The molecule has 0 aliphatic carbocycles. The van der Waals surface area contributed by atoms with Crippen LogP contribution in [-0.4, -0.2) is 0 Å². The van der Waals surface area contributed by atoms with E-state index in [2.05, 4.69) is 99.1 Å². The maximum Gasteiger partial charge on any atom is 0.0426 e. The Kier molecular flexibility index (Phi) is 4.52. The Morgan fingerprint density at radius 3 is 2.18 bits per heavy atom. The number of fused-ring (bicyclic) bond motifs is 2. The van der Waals surface area contributed by atoms with E-state index in [4.69, 9.17) is 0 Å². The van der Waals surface area contributed by atoms with Gasteiger partial charge in [-0.3, -0.25) is 0 Å². The van der Waals surface area contributed by atoms with Crippen LogP contribution in [0.3, 0.4) is 0 Å². The molecule has 1 nitrogen and oxygen atoms in total. The van der Waals surface area contributed by atoms with Crippen LogP contribution in [0.25, 0.3) is 16.7 Å². The van der Waals surface area contributed by atoms with Crippen molar-refractivity contribution >= 4 is 16.9 Å². The Morgan fingerprint density at radius 1 is 0.821 bits per heavy atom. The summed E-state index contributed by atoms with van der Waals surface area (Å²) in [6.07, 6.45) is 5.69. The molecule has 0 unspecified atom stereocenters. The van der Waals surface area contributed by atoms with E-state index in [0.29, 0.717) is 0 Å². The van der Waals surface area contributed by atoms with Crippen molar-refractivity contribution in [1.29, 1.82) is 0 Å². The summed E-state index contributed by atoms with van der Waals surface area (Å²) >= 11 is 0. The molecular weight excluding hydrogens is 338 g/mol. The average molecular weight is 364 g/mol. The monoisotopic (exact) mass is 363 g/mol. The second-order valence-corrected chi connectivity index (χ2v) is 7.70. The summed E-state index contributed by atoms with van der Waals surface area (Å²) in [4.78, 5) is 0. The van der Waals surface area contributed by atoms with Gasteiger partial charge in [0.1, 0.15) is 0 Å². The summed E-state index contributed by atoms with van der Waals surface area (Å²) in [6.45, 7) is 12.4. The topological polar surface area (TPSA) is 12.0 Å². The van der Waals surface area contributed by atoms with Gasteiger partial charge >= 0.3 is 0 Å². The van der Waals surface area contributed by atoms with Crippen LogP contribution in [0.4, 0.5) is 11.4 Å². The first-order chi connectivity index (χ1) is 13.5. The highest BCUT2D eigenvalue weighted by atomic mass is 14.9. The average Bonchev–Trinajstić information content (AvgIpc) is 2.72. The Morgan fingerprint density at radius 2 is 1.50 bits per heavy atom. The quantitative estimate of drug-likeness (QED) is 0.473. The highest BCUT2D eigenvalue weighted by molar-refractivity contribution is 5.82. The van der Waals surface area contributed by atoms with E-state index < -0.39 is 0 Å². The summed E-state index contributed by atoms with van der Waals surface area (Å²) < 4.78 is 0.